The van der Waals surface area contributed by atoms with Crippen LogP contribution in [0.4, 0.5) is 0 Å². The summed E-state index contributed by atoms with van der Waals surface area (Å²) in [6.45, 7) is 1.71. The average Bonchev–Trinajstić information content (AvgIpc) is 3.03. The van der Waals surface area contributed by atoms with E-state index in [2.05, 4.69) is 15.0 Å². The first-order valence-electron chi connectivity index (χ1n) is 7.62. The van der Waals surface area contributed by atoms with E-state index in [4.69, 9.17) is 9.26 Å². The summed E-state index contributed by atoms with van der Waals surface area (Å²) in [5.74, 6) is 1.83. The van der Waals surface area contributed by atoms with Crippen molar-refractivity contribution in [3.63, 3.8) is 0 Å². The summed E-state index contributed by atoms with van der Waals surface area (Å²) >= 11 is 0. The second-order valence-electron chi connectivity index (χ2n) is 5.51. The first-order valence-corrected chi connectivity index (χ1v) is 7.62. The van der Waals surface area contributed by atoms with Crippen LogP contribution in [0.1, 0.15) is 25.2 Å². The molecule has 22 heavy (non-hydrogen) atoms. The molecule has 0 radical (unpaired) electrons. The van der Waals surface area contributed by atoms with E-state index in [1.54, 1.807) is 7.11 Å². The highest BCUT2D eigenvalue weighted by molar-refractivity contribution is 5.63. The summed E-state index contributed by atoms with van der Waals surface area (Å²) in [7, 11) is 1.62. The third kappa shape index (κ3) is 3.13. The molecule has 1 aliphatic rings. The molecule has 118 valence electrons. The standard InChI is InChI=1S/C16H21N3O3/c1-21-14-8-3-2-7-13(14)16-17-15(22-18-16)10-19-9-5-4-6-12(19)11-20/h2-3,7-8,12,20H,4-6,9-11H2,1H3. The van der Waals surface area contributed by atoms with Gasteiger partial charge in [-0.3, -0.25) is 4.90 Å². The van der Waals surface area contributed by atoms with Crippen molar-refractivity contribution in [1.29, 1.82) is 0 Å². The van der Waals surface area contributed by atoms with Gasteiger partial charge in [0.05, 0.1) is 25.8 Å². The molecule has 1 aromatic carbocycles. The normalized spacial score (nSPS) is 19.3. The van der Waals surface area contributed by atoms with E-state index in [-0.39, 0.29) is 12.6 Å². The van der Waals surface area contributed by atoms with Crippen molar-refractivity contribution >= 4 is 0 Å². The third-order valence-electron chi connectivity index (χ3n) is 4.11. The molecule has 0 aliphatic carbocycles. The quantitative estimate of drug-likeness (QED) is 0.912. The molecule has 0 bridgehead atoms. The van der Waals surface area contributed by atoms with Crippen LogP contribution in [0.3, 0.4) is 0 Å². The Hall–Kier alpha value is -1.92. The van der Waals surface area contributed by atoms with E-state index in [0.717, 1.165) is 37.1 Å². The smallest absolute Gasteiger partial charge is 0.241 e. The van der Waals surface area contributed by atoms with Gasteiger partial charge >= 0.3 is 0 Å². The number of aliphatic hydroxyl groups is 1. The maximum Gasteiger partial charge on any atom is 0.241 e. The molecule has 6 nitrogen and oxygen atoms in total. The molecule has 1 aliphatic heterocycles. The average molecular weight is 303 g/mol. The Bertz CT molecular complexity index is 614. The highest BCUT2D eigenvalue weighted by atomic mass is 16.5. The van der Waals surface area contributed by atoms with Crippen molar-refractivity contribution in [3.05, 3.63) is 30.2 Å². The fourth-order valence-corrected chi connectivity index (χ4v) is 2.91. The largest absolute Gasteiger partial charge is 0.496 e. The predicted octanol–water partition coefficient (Wildman–Crippen LogP) is 2.09. The minimum absolute atomic E-state index is 0.174. The summed E-state index contributed by atoms with van der Waals surface area (Å²) in [6, 6.07) is 7.79. The van der Waals surface area contributed by atoms with Gasteiger partial charge in [0, 0.05) is 6.04 Å². The maximum atomic E-state index is 9.47. The predicted molar refractivity (Wildman–Crippen MR) is 81.4 cm³/mol. The number of piperidine rings is 1. The first-order chi connectivity index (χ1) is 10.8. The lowest BCUT2D eigenvalue weighted by Crippen LogP contribution is -2.41. The Morgan fingerprint density at radius 2 is 2.23 bits per heavy atom. The molecular formula is C16H21N3O3. The molecule has 1 N–H and O–H groups in total. The second kappa shape index (κ2) is 6.89. The highest BCUT2D eigenvalue weighted by Crippen LogP contribution is 2.27. The molecule has 6 heteroatoms. The fourth-order valence-electron chi connectivity index (χ4n) is 2.91. The van der Waals surface area contributed by atoms with Crippen molar-refractivity contribution in [2.24, 2.45) is 0 Å². The van der Waals surface area contributed by atoms with Gasteiger partial charge in [0.15, 0.2) is 0 Å². The molecule has 1 aromatic heterocycles. The van der Waals surface area contributed by atoms with Crippen LogP contribution < -0.4 is 4.74 Å². The highest BCUT2D eigenvalue weighted by Gasteiger charge is 2.24. The lowest BCUT2D eigenvalue weighted by Gasteiger charge is -2.33. The van der Waals surface area contributed by atoms with Gasteiger partial charge in [0.1, 0.15) is 5.75 Å². The van der Waals surface area contributed by atoms with E-state index < -0.39 is 0 Å². The number of hydrogen-bond donors (Lipinski definition) is 1. The van der Waals surface area contributed by atoms with Crippen LogP contribution in [0.15, 0.2) is 28.8 Å². The van der Waals surface area contributed by atoms with Gasteiger partial charge in [0.2, 0.25) is 11.7 Å². The summed E-state index contributed by atoms with van der Waals surface area (Å²) in [4.78, 5) is 6.68. The number of rotatable bonds is 5. The van der Waals surface area contributed by atoms with Crippen LogP contribution in [0.25, 0.3) is 11.4 Å². The van der Waals surface area contributed by atoms with Crippen LogP contribution >= 0.6 is 0 Å². The topological polar surface area (TPSA) is 71.6 Å². The molecule has 3 rings (SSSR count). The molecule has 1 fully saturated rings. The number of aromatic nitrogens is 2. The van der Waals surface area contributed by atoms with Crippen molar-refractivity contribution in [3.8, 4) is 17.1 Å². The van der Waals surface area contributed by atoms with Crippen molar-refractivity contribution in [2.75, 3.05) is 20.3 Å². The van der Waals surface area contributed by atoms with Gasteiger partial charge in [-0.2, -0.15) is 4.98 Å². The Morgan fingerprint density at radius 3 is 3.05 bits per heavy atom. The van der Waals surface area contributed by atoms with Gasteiger partial charge in [-0.05, 0) is 31.5 Å². The van der Waals surface area contributed by atoms with Crippen molar-refractivity contribution in [2.45, 2.75) is 31.8 Å². The number of ether oxygens (including phenoxy) is 1. The van der Waals surface area contributed by atoms with Gasteiger partial charge < -0.3 is 14.4 Å². The zero-order chi connectivity index (χ0) is 15.4. The van der Waals surface area contributed by atoms with Crippen LogP contribution in [-0.2, 0) is 6.54 Å². The second-order valence-corrected chi connectivity index (χ2v) is 5.51. The lowest BCUT2D eigenvalue weighted by molar-refractivity contribution is 0.0749. The Balaban J connectivity index is 1.76. The third-order valence-corrected chi connectivity index (χ3v) is 4.11. The summed E-state index contributed by atoms with van der Waals surface area (Å²) in [5.41, 5.74) is 0.817. The maximum absolute atomic E-state index is 9.47. The molecule has 1 atom stereocenters. The van der Waals surface area contributed by atoms with E-state index in [0.29, 0.717) is 18.3 Å². The fraction of sp³-hybridized carbons (Fsp3) is 0.500. The Morgan fingerprint density at radius 1 is 1.36 bits per heavy atom. The Kier molecular flexibility index (Phi) is 4.70. The van der Waals surface area contributed by atoms with E-state index in [1.807, 2.05) is 24.3 Å². The Labute approximate surface area is 129 Å². The molecular weight excluding hydrogens is 282 g/mol. The SMILES string of the molecule is COc1ccccc1-c1noc(CN2CCCCC2CO)n1. The molecule has 1 saturated heterocycles. The molecule has 1 unspecified atom stereocenters. The number of hydrogen-bond acceptors (Lipinski definition) is 6. The molecule has 0 spiro atoms. The summed E-state index contributed by atoms with van der Waals surface area (Å²) in [5, 5.41) is 13.5. The number of nitrogens with zero attached hydrogens (tertiary/aromatic N) is 3. The number of para-hydroxylation sites is 1. The number of aliphatic hydroxyl groups excluding tert-OH is 1. The molecule has 0 saturated carbocycles. The van der Waals surface area contributed by atoms with Gasteiger partial charge in [-0.1, -0.05) is 23.7 Å². The van der Waals surface area contributed by atoms with E-state index in [9.17, 15) is 5.11 Å². The van der Waals surface area contributed by atoms with Crippen molar-refractivity contribution < 1.29 is 14.4 Å². The molecule has 0 amide bonds. The number of likely N-dealkylation sites (tertiary alicyclic amines) is 1. The van der Waals surface area contributed by atoms with Crippen LogP contribution in [-0.4, -0.2) is 46.5 Å². The van der Waals surface area contributed by atoms with Gasteiger partial charge in [0.25, 0.3) is 0 Å². The molecule has 2 aromatic rings. The minimum Gasteiger partial charge on any atom is -0.496 e. The van der Waals surface area contributed by atoms with Crippen LogP contribution in [0.5, 0.6) is 5.75 Å². The van der Waals surface area contributed by atoms with Crippen molar-refractivity contribution in [1.82, 2.24) is 15.0 Å². The van der Waals surface area contributed by atoms with Crippen LogP contribution in [0, 0.1) is 0 Å². The van der Waals surface area contributed by atoms with E-state index in [1.165, 1.54) is 0 Å². The number of benzene rings is 1. The first kappa shape index (κ1) is 15.0. The van der Waals surface area contributed by atoms with E-state index >= 15 is 0 Å². The zero-order valence-electron chi connectivity index (χ0n) is 12.7. The summed E-state index contributed by atoms with van der Waals surface area (Å²) in [6.07, 6.45) is 3.33. The molecule has 2 heterocycles. The zero-order valence-corrected chi connectivity index (χ0v) is 12.7. The van der Waals surface area contributed by atoms with Gasteiger partial charge in [-0.15, -0.1) is 0 Å². The number of methoxy groups -OCH3 is 1. The van der Waals surface area contributed by atoms with Crippen LogP contribution in [0.2, 0.25) is 0 Å². The minimum atomic E-state index is 0.174. The van der Waals surface area contributed by atoms with Gasteiger partial charge in [-0.25, -0.2) is 0 Å². The lowest BCUT2D eigenvalue weighted by atomic mass is 10.0. The summed E-state index contributed by atoms with van der Waals surface area (Å²) < 4.78 is 10.7. The monoisotopic (exact) mass is 303 g/mol.